The van der Waals surface area contributed by atoms with Crippen LogP contribution in [-0.2, 0) is 5.54 Å². The van der Waals surface area contributed by atoms with E-state index in [2.05, 4.69) is 57.0 Å². The van der Waals surface area contributed by atoms with E-state index in [0.717, 1.165) is 18.3 Å². The van der Waals surface area contributed by atoms with Gasteiger partial charge in [0.25, 0.3) is 5.91 Å². The van der Waals surface area contributed by atoms with E-state index in [1.807, 2.05) is 10.7 Å². The zero-order valence-corrected chi connectivity index (χ0v) is 14.8. The molecule has 124 valence electrons. The Hall–Kier alpha value is -1.36. The summed E-state index contributed by atoms with van der Waals surface area (Å²) in [5.74, 6) is 0.267. The molecule has 1 aromatic rings. The van der Waals surface area contributed by atoms with Crippen LogP contribution in [0.15, 0.2) is 6.07 Å². The van der Waals surface area contributed by atoms with Crippen molar-refractivity contribution in [2.75, 3.05) is 20.1 Å². The Morgan fingerprint density at radius 1 is 1.45 bits per heavy atom. The molecule has 0 aliphatic heterocycles. The van der Waals surface area contributed by atoms with Gasteiger partial charge in [0, 0.05) is 24.8 Å². The van der Waals surface area contributed by atoms with Gasteiger partial charge in [-0.1, -0.05) is 13.8 Å². The predicted octanol–water partition coefficient (Wildman–Crippen LogP) is 2.59. The fourth-order valence-corrected chi connectivity index (χ4v) is 2.59. The summed E-state index contributed by atoms with van der Waals surface area (Å²) >= 11 is 0. The van der Waals surface area contributed by atoms with E-state index in [0.29, 0.717) is 18.2 Å². The summed E-state index contributed by atoms with van der Waals surface area (Å²) in [6.07, 6.45) is 2.58. The van der Waals surface area contributed by atoms with Gasteiger partial charge in [-0.3, -0.25) is 9.48 Å². The molecule has 22 heavy (non-hydrogen) atoms. The number of hydrogen-bond donors (Lipinski definition) is 1. The minimum atomic E-state index is -0.121. The Balaban J connectivity index is 1.99. The molecule has 0 bridgehead atoms. The van der Waals surface area contributed by atoms with Gasteiger partial charge in [-0.05, 0) is 52.6 Å². The second-order valence-corrected chi connectivity index (χ2v) is 7.66. The number of rotatable bonds is 6. The maximum atomic E-state index is 12.3. The summed E-state index contributed by atoms with van der Waals surface area (Å²) in [7, 11) is 2.12. The predicted molar refractivity (Wildman–Crippen MR) is 89.3 cm³/mol. The van der Waals surface area contributed by atoms with Crippen LogP contribution in [0.25, 0.3) is 0 Å². The summed E-state index contributed by atoms with van der Waals surface area (Å²) in [6, 6.07) is 2.65. The van der Waals surface area contributed by atoms with Crippen molar-refractivity contribution in [2.45, 2.75) is 65.0 Å². The lowest BCUT2D eigenvalue weighted by Crippen LogP contribution is -2.34. The molecule has 1 fully saturated rings. The topological polar surface area (TPSA) is 50.2 Å². The third kappa shape index (κ3) is 4.09. The van der Waals surface area contributed by atoms with E-state index in [1.54, 1.807) is 0 Å². The summed E-state index contributed by atoms with van der Waals surface area (Å²) < 4.78 is 1.98. The van der Waals surface area contributed by atoms with Crippen LogP contribution in [0.5, 0.6) is 0 Å². The van der Waals surface area contributed by atoms with Crippen molar-refractivity contribution >= 4 is 5.91 Å². The van der Waals surface area contributed by atoms with Crippen LogP contribution in [0, 0.1) is 0 Å². The molecule has 5 heteroatoms. The molecule has 1 amide bonds. The first kappa shape index (κ1) is 17.0. The van der Waals surface area contributed by atoms with E-state index in [9.17, 15) is 4.79 Å². The highest BCUT2D eigenvalue weighted by Gasteiger charge is 2.26. The monoisotopic (exact) mass is 306 g/mol. The molecular formula is C17H30N4O. The highest BCUT2D eigenvalue weighted by Crippen LogP contribution is 2.25. The first-order valence-electron chi connectivity index (χ1n) is 8.29. The fourth-order valence-electron chi connectivity index (χ4n) is 2.59. The van der Waals surface area contributed by atoms with E-state index >= 15 is 0 Å². The van der Waals surface area contributed by atoms with E-state index in [1.165, 1.54) is 12.8 Å². The van der Waals surface area contributed by atoms with Gasteiger partial charge < -0.3 is 10.2 Å². The van der Waals surface area contributed by atoms with Crippen LogP contribution < -0.4 is 5.32 Å². The average molecular weight is 306 g/mol. The highest BCUT2D eigenvalue weighted by atomic mass is 16.1. The largest absolute Gasteiger partial charge is 0.349 e. The smallest absolute Gasteiger partial charge is 0.271 e. The van der Waals surface area contributed by atoms with Gasteiger partial charge in [-0.15, -0.1) is 0 Å². The van der Waals surface area contributed by atoms with Crippen molar-refractivity contribution in [3.63, 3.8) is 0 Å². The molecule has 1 saturated carbocycles. The van der Waals surface area contributed by atoms with Crippen LogP contribution in [0.2, 0.25) is 0 Å². The van der Waals surface area contributed by atoms with Crippen LogP contribution in [-0.4, -0.2) is 46.8 Å². The third-order valence-corrected chi connectivity index (χ3v) is 4.12. The Morgan fingerprint density at radius 2 is 2.09 bits per heavy atom. The summed E-state index contributed by atoms with van der Waals surface area (Å²) in [4.78, 5) is 14.6. The highest BCUT2D eigenvalue weighted by molar-refractivity contribution is 5.92. The van der Waals surface area contributed by atoms with Crippen LogP contribution in [0.3, 0.4) is 0 Å². The number of nitrogens with one attached hydrogen (secondary N) is 1. The molecule has 5 nitrogen and oxygen atoms in total. The van der Waals surface area contributed by atoms with Crippen molar-refractivity contribution < 1.29 is 4.79 Å². The van der Waals surface area contributed by atoms with Crippen molar-refractivity contribution in [3.8, 4) is 0 Å². The maximum Gasteiger partial charge on any atom is 0.271 e. The Morgan fingerprint density at radius 3 is 2.55 bits per heavy atom. The molecule has 2 rings (SSSR count). The Labute approximate surface area is 134 Å². The third-order valence-electron chi connectivity index (χ3n) is 4.12. The molecule has 1 aliphatic rings. The number of carbonyl (C=O) groups is 1. The lowest BCUT2D eigenvalue weighted by atomic mass is 10.1. The minimum absolute atomic E-state index is 0.0749. The molecule has 1 aliphatic carbocycles. The second kappa shape index (κ2) is 6.41. The summed E-state index contributed by atoms with van der Waals surface area (Å²) in [5, 5.41) is 7.53. The van der Waals surface area contributed by atoms with Gasteiger partial charge in [-0.2, -0.15) is 5.10 Å². The molecular weight excluding hydrogens is 276 g/mol. The number of hydrogen-bond acceptors (Lipinski definition) is 3. The molecule has 0 radical (unpaired) electrons. The Kier molecular flexibility index (Phi) is 4.95. The number of likely N-dealkylation sites (N-methyl/N-ethyl adjacent to an activating group) is 1. The molecule has 0 spiro atoms. The maximum absolute atomic E-state index is 12.3. The van der Waals surface area contributed by atoms with Crippen molar-refractivity contribution in [3.05, 3.63) is 17.5 Å². The minimum Gasteiger partial charge on any atom is -0.349 e. The SMILES string of the molecule is CC(C)c1cc(C(=O)NCCN(C)C2CC2)nn1C(C)(C)C. The van der Waals surface area contributed by atoms with E-state index < -0.39 is 0 Å². The number of nitrogens with zero attached hydrogens (tertiary/aromatic N) is 3. The van der Waals surface area contributed by atoms with Crippen molar-refractivity contribution in [1.29, 1.82) is 0 Å². The molecule has 1 heterocycles. The molecule has 0 aromatic carbocycles. The molecule has 0 unspecified atom stereocenters. The lowest BCUT2D eigenvalue weighted by molar-refractivity contribution is 0.0943. The lowest BCUT2D eigenvalue weighted by Gasteiger charge is -2.23. The van der Waals surface area contributed by atoms with Gasteiger partial charge in [-0.25, -0.2) is 0 Å². The van der Waals surface area contributed by atoms with Gasteiger partial charge in [0.1, 0.15) is 5.69 Å². The van der Waals surface area contributed by atoms with Crippen LogP contribution >= 0.6 is 0 Å². The van der Waals surface area contributed by atoms with Crippen LogP contribution in [0.1, 0.15) is 69.6 Å². The summed E-state index contributed by atoms with van der Waals surface area (Å²) in [6.45, 7) is 12.2. The normalized spacial score (nSPS) is 15.6. The van der Waals surface area contributed by atoms with Gasteiger partial charge >= 0.3 is 0 Å². The van der Waals surface area contributed by atoms with Crippen molar-refractivity contribution in [2.24, 2.45) is 0 Å². The fraction of sp³-hybridized carbons (Fsp3) is 0.765. The quantitative estimate of drug-likeness (QED) is 0.879. The zero-order chi connectivity index (χ0) is 16.5. The average Bonchev–Trinajstić information content (AvgIpc) is 3.14. The second-order valence-electron chi connectivity index (χ2n) is 7.66. The van der Waals surface area contributed by atoms with Gasteiger partial charge in [0.15, 0.2) is 0 Å². The molecule has 0 saturated heterocycles. The van der Waals surface area contributed by atoms with Gasteiger partial charge in [0.05, 0.1) is 5.54 Å². The number of aromatic nitrogens is 2. The summed E-state index contributed by atoms with van der Waals surface area (Å²) in [5.41, 5.74) is 1.50. The van der Waals surface area contributed by atoms with E-state index in [-0.39, 0.29) is 11.4 Å². The molecule has 1 N–H and O–H groups in total. The first-order valence-corrected chi connectivity index (χ1v) is 8.29. The van der Waals surface area contributed by atoms with Gasteiger partial charge in [0.2, 0.25) is 0 Å². The van der Waals surface area contributed by atoms with Crippen molar-refractivity contribution in [1.82, 2.24) is 20.0 Å². The molecule has 0 atom stereocenters. The Bertz CT molecular complexity index is 523. The first-order chi connectivity index (χ1) is 10.2. The zero-order valence-electron chi connectivity index (χ0n) is 14.8. The van der Waals surface area contributed by atoms with E-state index in [4.69, 9.17) is 0 Å². The van der Waals surface area contributed by atoms with Crippen LogP contribution in [0.4, 0.5) is 0 Å². The standard InChI is InChI=1S/C17H30N4O/c1-12(2)15-11-14(19-21(15)17(3,4)5)16(22)18-9-10-20(6)13-7-8-13/h11-13H,7-10H2,1-6H3,(H,18,22). The number of carbonyl (C=O) groups excluding carboxylic acids is 1. The number of amides is 1. The molecule has 1 aromatic heterocycles.